The summed E-state index contributed by atoms with van der Waals surface area (Å²) in [6, 6.07) is 2.12. The molecule has 2 nitrogen and oxygen atoms in total. The maximum Gasteiger partial charge on any atom is 0.251 e. The molecule has 1 heterocycles. The molecule has 1 aliphatic carbocycles. The second kappa shape index (κ2) is 3.76. The van der Waals surface area contributed by atoms with Gasteiger partial charge in [0.15, 0.2) is 0 Å². The van der Waals surface area contributed by atoms with Crippen LogP contribution in [0.25, 0.3) is 0 Å². The molecular weight excluding hydrogens is 198 g/mol. The largest absolute Gasteiger partial charge is 0.326 e. The predicted molar refractivity (Wildman–Crippen MR) is 67.0 cm³/mol. The van der Waals surface area contributed by atoms with Crippen molar-refractivity contribution in [2.75, 3.05) is 0 Å². The van der Waals surface area contributed by atoms with Crippen LogP contribution < -0.4 is 5.56 Å². The second-order valence-electron chi connectivity index (χ2n) is 6.05. The highest BCUT2D eigenvalue weighted by Gasteiger charge is 2.26. The minimum Gasteiger partial charge on any atom is -0.326 e. The number of pyridine rings is 1. The van der Waals surface area contributed by atoms with Crippen LogP contribution in [-0.2, 0) is 12.8 Å². The molecule has 1 N–H and O–H groups in total. The summed E-state index contributed by atoms with van der Waals surface area (Å²) in [5.74, 6) is 0.309. The molecule has 0 saturated heterocycles. The minimum atomic E-state index is 0.103. The summed E-state index contributed by atoms with van der Waals surface area (Å²) in [6.07, 6.45) is 3.30. The molecule has 0 radical (unpaired) electrons. The summed E-state index contributed by atoms with van der Waals surface area (Å²) >= 11 is 0. The van der Waals surface area contributed by atoms with Gasteiger partial charge in [-0.2, -0.15) is 0 Å². The van der Waals surface area contributed by atoms with Crippen molar-refractivity contribution in [1.82, 2.24) is 4.98 Å². The van der Waals surface area contributed by atoms with Gasteiger partial charge in [-0.1, -0.05) is 27.7 Å². The normalized spacial score (nSPS) is 18.6. The van der Waals surface area contributed by atoms with E-state index in [9.17, 15) is 4.79 Å². The first-order valence-electron chi connectivity index (χ1n) is 6.14. The highest BCUT2D eigenvalue weighted by atomic mass is 16.1. The summed E-state index contributed by atoms with van der Waals surface area (Å²) in [5, 5.41) is 0. The fourth-order valence-electron chi connectivity index (χ4n) is 2.48. The molecule has 2 heteroatoms. The Bertz CT molecular complexity index is 454. The predicted octanol–water partition coefficient (Wildman–Crippen LogP) is 3.01. The molecule has 0 aliphatic heterocycles. The van der Waals surface area contributed by atoms with Crippen molar-refractivity contribution in [2.24, 2.45) is 5.41 Å². The van der Waals surface area contributed by atoms with Crippen LogP contribution in [0, 0.1) is 5.41 Å². The lowest BCUT2D eigenvalue weighted by atomic mass is 9.76. The lowest BCUT2D eigenvalue weighted by Gasteiger charge is -2.31. The lowest BCUT2D eigenvalue weighted by molar-refractivity contribution is 0.310. The monoisotopic (exact) mass is 219 g/mol. The van der Waals surface area contributed by atoms with Gasteiger partial charge in [-0.25, -0.2) is 0 Å². The number of fused-ring (bicyclic) bond motifs is 1. The Morgan fingerprint density at radius 1 is 1.38 bits per heavy atom. The first-order valence-corrected chi connectivity index (χ1v) is 6.14. The van der Waals surface area contributed by atoms with Crippen LogP contribution in [0.15, 0.2) is 10.9 Å². The van der Waals surface area contributed by atoms with Gasteiger partial charge in [0.1, 0.15) is 0 Å². The van der Waals surface area contributed by atoms with Crippen molar-refractivity contribution in [3.8, 4) is 0 Å². The summed E-state index contributed by atoms with van der Waals surface area (Å²) in [6.45, 7) is 8.68. The van der Waals surface area contributed by atoms with E-state index in [-0.39, 0.29) is 5.56 Å². The van der Waals surface area contributed by atoms with Gasteiger partial charge in [-0.3, -0.25) is 4.79 Å². The van der Waals surface area contributed by atoms with Crippen LogP contribution in [0.2, 0.25) is 0 Å². The number of aromatic nitrogens is 1. The first kappa shape index (κ1) is 11.4. The quantitative estimate of drug-likeness (QED) is 0.773. The first-order chi connectivity index (χ1) is 7.39. The number of hydrogen-bond donors (Lipinski definition) is 1. The van der Waals surface area contributed by atoms with Crippen molar-refractivity contribution in [1.29, 1.82) is 0 Å². The number of aromatic amines is 1. The van der Waals surface area contributed by atoms with Gasteiger partial charge >= 0.3 is 0 Å². The van der Waals surface area contributed by atoms with E-state index in [4.69, 9.17) is 0 Å². The van der Waals surface area contributed by atoms with Gasteiger partial charge in [0, 0.05) is 11.3 Å². The van der Waals surface area contributed by atoms with Gasteiger partial charge in [0.2, 0.25) is 0 Å². The summed E-state index contributed by atoms with van der Waals surface area (Å²) in [4.78, 5) is 15.0. The van der Waals surface area contributed by atoms with Gasteiger partial charge in [0.25, 0.3) is 5.56 Å². The van der Waals surface area contributed by atoms with Gasteiger partial charge in [-0.15, -0.1) is 0 Å². The third kappa shape index (κ3) is 2.06. The van der Waals surface area contributed by atoms with Crippen molar-refractivity contribution in [3.63, 3.8) is 0 Å². The van der Waals surface area contributed by atoms with Crippen LogP contribution in [0.4, 0.5) is 0 Å². The third-order valence-electron chi connectivity index (χ3n) is 3.59. The molecule has 0 spiro atoms. The molecule has 2 rings (SSSR count). The molecule has 0 bridgehead atoms. The Morgan fingerprint density at radius 2 is 2.06 bits per heavy atom. The highest BCUT2D eigenvalue weighted by molar-refractivity contribution is 5.30. The topological polar surface area (TPSA) is 32.9 Å². The number of rotatable bonds is 1. The molecule has 1 aromatic heterocycles. The molecule has 16 heavy (non-hydrogen) atoms. The molecule has 0 amide bonds. The van der Waals surface area contributed by atoms with E-state index in [0.29, 0.717) is 11.3 Å². The van der Waals surface area contributed by atoms with E-state index >= 15 is 0 Å². The maximum absolute atomic E-state index is 11.9. The molecular formula is C14H21NO. The molecule has 0 aromatic carbocycles. The van der Waals surface area contributed by atoms with Crippen molar-refractivity contribution < 1.29 is 0 Å². The number of H-pyrrole nitrogens is 1. The molecule has 0 atom stereocenters. The molecule has 0 fully saturated rings. The zero-order valence-corrected chi connectivity index (χ0v) is 10.7. The lowest BCUT2D eigenvalue weighted by Crippen LogP contribution is -2.27. The Balaban J connectivity index is 2.47. The van der Waals surface area contributed by atoms with Gasteiger partial charge < -0.3 is 4.98 Å². The number of aryl methyl sites for hydroxylation is 1. The Kier molecular flexibility index (Phi) is 2.69. The number of hydrogen-bond acceptors (Lipinski definition) is 1. The Labute approximate surface area is 97.1 Å². The average molecular weight is 219 g/mol. The van der Waals surface area contributed by atoms with E-state index in [0.717, 1.165) is 24.1 Å². The summed E-state index contributed by atoms with van der Waals surface area (Å²) in [7, 11) is 0. The van der Waals surface area contributed by atoms with E-state index < -0.39 is 0 Å². The van der Waals surface area contributed by atoms with Crippen LogP contribution in [-0.4, -0.2) is 4.98 Å². The molecule has 1 aromatic rings. The fourth-order valence-corrected chi connectivity index (χ4v) is 2.48. The fraction of sp³-hybridized carbons (Fsp3) is 0.643. The van der Waals surface area contributed by atoms with Crippen LogP contribution >= 0.6 is 0 Å². The molecule has 0 saturated carbocycles. The zero-order chi connectivity index (χ0) is 11.9. The van der Waals surface area contributed by atoms with Crippen LogP contribution in [0.5, 0.6) is 0 Å². The van der Waals surface area contributed by atoms with Crippen molar-refractivity contribution in [3.05, 3.63) is 33.2 Å². The summed E-state index contributed by atoms with van der Waals surface area (Å²) in [5.41, 5.74) is 3.87. The van der Waals surface area contributed by atoms with E-state index in [2.05, 4.69) is 38.7 Å². The molecule has 0 unspecified atom stereocenters. The molecule has 1 aliphatic rings. The van der Waals surface area contributed by atoms with E-state index in [1.54, 1.807) is 0 Å². The van der Waals surface area contributed by atoms with Crippen LogP contribution in [0.1, 0.15) is 56.9 Å². The highest BCUT2D eigenvalue weighted by Crippen LogP contribution is 2.33. The second-order valence-corrected chi connectivity index (χ2v) is 6.05. The Hall–Kier alpha value is -1.05. The smallest absolute Gasteiger partial charge is 0.251 e. The van der Waals surface area contributed by atoms with Crippen molar-refractivity contribution >= 4 is 0 Å². The standard InChI is InChI=1S/C14H21NO/c1-9(2)11-7-10-5-6-14(3,4)8-12(10)15-13(11)16/h7,9H,5-6,8H2,1-4H3,(H,15,16). The van der Waals surface area contributed by atoms with E-state index in [1.807, 2.05) is 0 Å². The maximum atomic E-state index is 11.9. The molecule has 88 valence electrons. The summed E-state index contributed by atoms with van der Waals surface area (Å²) < 4.78 is 0. The van der Waals surface area contributed by atoms with E-state index in [1.165, 1.54) is 12.0 Å². The number of nitrogens with one attached hydrogen (secondary N) is 1. The zero-order valence-electron chi connectivity index (χ0n) is 10.7. The van der Waals surface area contributed by atoms with Crippen LogP contribution in [0.3, 0.4) is 0 Å². The van der Waals surface area contributed by atoms with Gasteiger partial charge in [-0.05, 0) is 42.2 Å². The average Bonchev–Trinajstić information content (AvgIpc) is 2.14. The van der Waals surface area contributed by atoms with Gasteiger partial charge in [0.05, 0.1) is 0 Å². The SMILES string of the molecule is CC(C)c1cc2c([nH]c1=O)CC(C)(C)CC2. The van der Waals surface area contributed by atoms with Crippen molar-refractivity contribution in [2.45, 2.75) is 52.9 Å². The third-order valence-corrected chi connectivity index (χ3v) is 3.59. The Morgan fingerprint density at radius 3 is 2.69 bits per heavy atom. The minimum absolute atomic E-state index is 0.103.